The van der Waals surface area contributed by atoms with Gasteiger partial charge in [-0.15, -0.1) is 0 Å². The number of fused-ring (bicyclic) bond motifs is 1. The van der Waals surface area contributed by atoms with Crippen molar-refractivity contribution >= 4 is 44.1 Å². The molecule has 0 aliphatic carbocycles. The fourth-order valence-electron chi connectivity index (χ4n) is 2.44. The predicted octanol–water partition coefficient (Wildman–Crippen LogP) is 4.50. The third kappa shape index (κ3) is 3.56. The molecule has 26 heavy (non-hydrogen) atoms. The van der Waals surface area contributed by atoms with Gasteiger partial charge < -0.3 is 4.74 Å². The van der Waals surface area contributed by atoms with E-state index in [1.165, 1.54) is 22.9 Å². The molecule has 0 atom stereocenters. The maximum absolute atomic E-state index is 12.5. The van der Waals surface area contributed by atoms with Gasteiger partial charge in [-0.1, -0.05) is 34.5 Å². The van der Waals surface area contributed by atoms with Gasteiger partial charge in [0.25, 0.3) is 5.69 Å². The third-order valence-electron chi connectivity index (χ3n) is 3.63. The Labute approximate surface area is 161 Å². The van der Waals surface area contributed by atoms with E-state index in [0.29, 0.717) is 23.4 Å². The molecule has 7 nitrogen and oxygen atoms in total. The summed E-state index contributed by atoms with van der Waals surface area (Å²) in [5.41, 5.74) is -0.0116. The van der Waals surface area contributed by atoms with Crippen molar-refractivity contribution in [2.24, 2.45) is 0 Å². The van der Waals surface area contributed by atoms with Crippen LogP contribution in [0.25, 0.3) is 16.6 Å². The predicted molar refractivity (Wildman–Crippen MR) is 102 cm³/mol. The lowest BCUT2D eigenvalue weighted by molar-refractivity contribution is -0.384. The van der Waals surface area contributed by atoms with E-state index in [1.54, 1.807) is 18.2 Å². The Bertz CT molecular complexity index is 1070. The van der Waals surface area contributed by atoms with Gasteiger partial charge in [0.15, 0.2) is 0 Å². The summed E-state index contributed by atoms with van der Waals surface area (Å²) in [4.78, 5) is 27.0. The van der Waals surface area contributed by atoms with Gasteiger partial charge in [0.1, 0.15) is 10.8 Å². The minimum Gasteiger partial charge on any atom is -0.491 e. The molecule has 0 aliphatic heterocycles. The maximum Gasteiger partial charge on any atom is 0.352 e. The number of halogens is 2. The SMILES string of the molecule is CCCOc1ccc(Br)cc1-n1cc2cc([N+](=O)[O-])c(Cl)cc2nc1=O. The van der Waals surface area contributed by atoms with Crippen LogP contribution in [0.4, 0.5) is 5.69 Å². The summed E-state index contributed by atoms with van der Waals surface area (Å²) >= 11 is 9.27. The summed E-state index contributed by atoms with van der Waals surface area (Å²) in [6.45, 7) is 2.47. The Kier molecular flexibility index (Phi) is 5.24. The first-order valence-electron chi connectivity index (χ1n) is 7.70. The van der Waals surface area contributed by atoms with Crippen LogP contribution >= 0.6 is 27.5 Å². The van der Waals surface area contributed by atoms with Crippen LogP contribution in [0.2, 0.25) is 5.02 Å². The van der Waals surface area contributed by atoms with Gasteiger partial charge in [0.05, 0.1) is 22.7 Å². The van der Waals surface area contributed by atoms with Crippen molar-refractivity contribution in [1.29, 1.82) is 0 Å². The van der Waals surface area contributed by atoms with E-state index in [2.05, 4.69) is 20.9 Å². The summed E-state index contributed by atoms with van der Waals surface area (Å²) in [5, 5.41) is 11.5. The number of nitro benzene ring substituents is 1. The van der Waals surface area contributed by atoms with Crippen LogP contribution in [0.15, 0.2) is 45.8 Å². The zero-order valence-corrected chi connectivity index (χ0v) is 16.0. The largest absolute Gasteiger partial charge is 0.491 e. The van der Waals surface area contributed by atoms with Crippen molar-refractivity contribution in [3.8, 4) is 11.4 Å². The molecular formula is C17H13BrClN3O4. The number of nitrogens with zero attached hydrogens (tertiary/aromatic N) is 3. The number of benzene rings is 2. The second kappa shape index (κ2) is 7.43. The summed E-state index contributed by atoms with van der Waals surface area (Å²) < 4.78 is 7.76. The average Bonchev–Trinajstić information content (AvgIpc) is 2.59. The molecule has 0 saturated heterocycles. The molecule has 0 N–H and O–H groups in total. The van der Waals surface area contributed by atoms with Crippen molar-refractivity contribution in [2.75, 3.05) is 6.61 Å². The second-order valence-corrected chi connectivity index (χ2v) is 6.80. The number of aromatic nitrogens is 2. The molecule has 0 aliphatic rings. The van der Waals surface area contributed by atoms with Crippen LogP contribution in [0.5, 0.6) is 5.75 Å². The summed E-state index contributed by atoms with van der Waals surface area (Å²) in [6.07, 6.45) is 2.31. The molecule has 134 valence electrons. The first-order chi connectivity index (χ1) is 12.4. The molecule has 3 aromatic rings. The Hall–Kier alpha value is -2.45. The molecule has 0 amide bonds. The molecular weight excluding hydrogens is 426 g/mol. The molecule has 0 saturated carbocycles. The van der Waals surface area contributed by atoms with Gasteiger partial charge in [-0.25, -0.2) is 4.79 Å². The molecule has 2 aromatic carbocycles. The van der Waals surface area contributed by atoms with E-state index in [0.717, 1.165) is 10.9 Å². The molecule has 3 rings (SSSR count). The molecule has 0 unspecified atom stereocenters. The van der Waals surface area contributed by atoms with E-state index >= 15 is 0 Å². The minimum atomic E-state index is -0.577. The highest BCUT2D eigenvalue weighted by atomic mass is 79.9. The first kappa shape index (κ1) is 18.3. The van der Waals surface area contributed by atoms with Crippen LogP contribution in [-0.4, -0.2) is 21.1 Å². The number of rotatable bonds is 5. The van der Waals surface area contributed by atoms with Crippen LogP contribution in [0.3, 0.4) is 0 Å². The van der Waals surface area contributed by atoms with Gasteiger partial charge in [0, 0.05) is 22.1 Å². The zero-order chi connectivity index (χ0) is 18.8. The molecule has 0 fully saturated rings. The molecule has 0 spiro atoms. The molecule has 1 aromatic heterocycles. The smallest absolute Gasteiger partial charge is 0.352 e. The Morgan fingerprint density at radius 1 is 1.35 bits per heavy atom. The van der Waals surface area contributed by atoms with E-state index in [-0.39, 0.29) is 16.2 Å². The maximum atomic E-state index is 12.5. The molecule has 0 bridgehead atoms. The van der Waals surface area contributed by atoms with Crippen molar-refractivity contribution in [3.05, 3.63) is 66.6 Å². The van der Waals surface area contributed by atoms with E-state index in [4.69, 9.17) is 16.3 Å². The number of hydrogen-bond donors (Lipinski definition) is 0. The number of hydrogen-bond acceptors (Lipinski definition) is 5. The summed E-state index contributed by atoms with van der Waals surface area (Å²) in [6, 6.07) is 7.89. The monoisotopic (exact) mass is 437 g/mol. The standard InChI is InChI=1S/C17H13BrClN3O4/c1-2-5-26-16-4-3-11(18)7-15(16)21-9-10-6-14(22(24)25)12(19)8-13(10)20-17(21)23/h3-4,6-9H,2,5H2,1H3. The minimum absolute atomic E-state index is 0.0680. The first-order valence-corrected chi connectivity index (χ1v) is 8.88. The van der Waals surface area contributed by atoms with Gasteiger partial charge >= 0.3 is 5.69 Å². The number of nitro groups is 1. The van der Waals surface area contributed by atoms with Crippen molar-refractivity contribution < 1.29 is 9.66 Å². The van der Waals surface area contributed by atoms with Gasteiger partial charge in [-0.05, 0) is 30.7 Å². The molecule has 9 heteroatoms. The lowest BCUT2D eigenvalue weighted by Crippen LogP contribution is -2.21. The summed E-state index contributed by atoms with van der Waals surface area (Å²) in [7, 11) is 0. The zero-order valence-electron chi connectivity index (χ0n) is 13.6. The second-order valence-electron chi connectivity index (χ2n) is 5.47. The van der Waals surface area contributed by atoms with Crippen LogP contribution in [0, 0.1) is 10.1 Å². The van der Waals surface area contributed by atoms with Gasteiger partial charge in [-0.2, -0.15) is 4.98 Å². The highest BCUT2D eigenvalue weighted by molar-refractivity contribution is 9.10. The summed E-state index contributed by atoms with van der Waals surface area (Å²) in [5.74, 6) is 0.516. The van der Waals surface area contributed by atoms with E-state index in [9.17, 15) is 14.9 Å². The number of ether oxygens (including phenoxy) is 1. The highest BCUT2D eigenvalue weighted by Crippen LogP contribution is 2.30. The quantitative estimate of drug-likeness (QED) is 0.432. The van der Waals surface area contributed by atoms with E-state index in [1.807, 2.05) is 6.92 Å². The molecule has 1 heterocycles. The molecule has 0 radical (unpaired) electrons. The average molecular weight is 439 g/mol. The normalized spacial score (nSPS) is 10.9. The van der Waals surface area contributed by atoms with Crippen LogP contribution < -0.4 is 10.4 Å². The Balaban J connectivity index is 2.24. The van der Waals surface area contributed by atoms with E-state index < -0.39 is 10.6 Å². The van der Waals surface area contributed by atoms with Crippen LogP contribution in [0.1, 0.15) is 13.3 Å². The Morgan fingerprint density at radius 3 is 2.81 bits per heavy atom. The van der Waals surface area contributed by atoms with Crippen molar-refractivity contribution in [3.63, 3.8) is 0 Å². The fourth-order valence-corrected chi connectivity index (χ4v) is 3.02. The lowest BCUT2D eigenvalue weighted by atomic mass is 10.2. The fraction of sp³-hybridized carbons (Fsp3) is 0.176. The highest BCUT2D eigenvalue weighted by Gasteiger charge is 2.16. The lowest BCUT2D eigenvalue weighted by Gasteiger charge is -2.13. The van der Waals surface area contributed by atoms with Gasteiger partial charge in [0.2, 0.25) is 0 Å². The van der Waals surface area contributed by atoms with Crippen molar-refractivity contribution in [1.82, 2.24) is 9.55 Å². The van der Waals surface area contributed by atoms with Gasteiger partial charge in [-0.3, -0.25) is 14.7 Å². The topological polar surface area (TPSA) is 87.3 Å². The third-order valence-corrected chi connectivity index (χ3v) is 4.42. The van der Waals surface area contributed by atoms with Crippen molar-refractivity contribution in [2.45, 2.75) is 13.3 Å². The Morgan fingerprint density at radius 2 is 2.12 bits per heavy atom. The van der Waals surface area contributed by atoms with Crippen LogP contribution in [-0.2, 0) is 0 Å².